The van der Waals surface area contributed by atoms with Gasteiger partial charge in [-0.2, -0.15) is 4.57 Å². The first-order valence-electron chi connectivity index (χ1n) is 9.26. The van der Waals surface area contributed by atoms with Crippen LogP contribution >= 0.6 is 0 Å². The average molecular weight is 351 g/mol. The van der Waals surface area contributed by atoms with E-state index in [0.29, 0.717) is 6.54 Å². The van der Waals surface area contributed by atoms with Crippen LogP contribution in [0.25, 0.3) is 39.8 Å². The predicted octanol–water partition coefficient (Wildman–Crippen LogP) is 5.05. The van der Waals surface area contributed by atoms with Crippen molar-refractivity contribution >= 4 is 39.8 Å². The van der Waals surface area contributed by atoms with Gasteiger partial charge in [0.05, 0.1) is 6.54 Å². The van der Waals surface area contributed by atoms with E-state index >= 15 is 0 Å². The van der Waals surface area contributed by atoms with Gasteiger partial charge < -0.3 is 5.73 Å². The van der Waals surface area contributed by atoms with Crippen LogP contribution in [-0.4, -0.2) is 6.54 Å². The number of nitrogens with zero attached hydrogens (tertiary/aromatic N) is 1. The summed E-state index contributed by atoms with van der Waals surface area (Å²) in [5.41, 5.74) is 9.23. The lowest BCUT2D eigenvalue weighted by Crippen LogP contribution is -2.43. The van der Waals surface area contributed by atoms with Gasteiger partial charge in [0.15, 0.2) is 6.54 Å². The zero-order valence-electron chi connectivity index (χ0n) is 15.3. The largest absolute Gasteiger partial charge is 0.325 e. The molecule has 0 aliphatic heterocycles. The molecule has 0 aliphatic carbocycles. The molecule has 2 N–H and O–H groups in total. The summed E-state index contributed by atoms with van der Waals surface area (Å²) in [7, 11) is 0. The van der Waals surface area contributed by atoms with Crippen LogP contribution < -0.4 is 10.3 Å². The van der Waals surface area contributed by atoms with Gasteiger partial charge in [-0.1, -0.05) is 55.1 Å². The first kappa shape index (κ1) is 17.2. The standard InChI is InChI=1S/C25H23N2/c1-2-21-9-7-10-22(27(21)17-16-26)15-14-20-18-19-8-3-4-11-23(19)25-13-6-5-12-24(20)25/h2-15,18H,1,16-17,26H2/q+1/b15-14+. The highest BCUT2D eigenvalue weighted by molar-refractivity contribution is 6.11. The van der Waals surface area contributed by atoms with Gasteiger partial charge in [-0.05, 0) is 45.3 Å². The van der Waals surface area contributed by atoms with Crippen LogP contribution in [0, 0.1) is 0 Å². The Morgan fingerprint density at radius 2 is 1.48 bits per heavy atom. The second-order valence-corrected chi connectivity index (χ2v) is 6.59. The maximum atomic E-state index is 5.82. The number of rotatable bonds is 5. The molecule has 0 unspecified atom stereocenters. The van der Waals surface area contributed by atoms with Crippen molar-refractivity contribution in [3.05, 3.63) is 96.3 Å². The van der Waals surface area contributed by atoms with Crippen LogP contribution in [-0.2, 0) is 6.54 Å². The van der Waals surface area contributed by atoms with Crippen molar-refractivity contribution in [3.63, 3.8) is 0 Å². The van der Waals surface area contributed by atoms with E-state index in [9.17, 15) is 0 Å². The molecular formula is C25H23N2+. The molecule has 0 fully saturated rings. The van der Waals surface area contributed by atoms with Crippen molar-refractivity contribution in [3.8, 4) is 0 Å². The molecule has 4 rings (SSSR count). The van der Waals surface area contributed by atoms with Crippen LogP contribution in [0.5, 0.6) is 0 Å². The highest BCUT2D eigenvalue weighted by atomic mass is 15.0. The van der Waals surface area contributed by atoms with E-state index in [1.54, 1.807) is 0 Å². The average Bonchev–Trinajstić information content (AvgIpc) is 2.73. The van der Waals surface area contributed by atoms with Crippen molar-refractivity contribution in [2.45, 2.75) is 6.54 Å². The van der Waals surface area contributed by atoms with E-state index in [1.165, 1.54) is 27.1 Å². The number of nitrogens with two attached hydrogens (primary N) is 1. The van der Waals surface area contributed by atoms with Gasteiger partial charge in [0.1, 0.15) is 0 Å². The third-order valence-electron chi connectivity index (χ3n) is 4.95. The Hall–Kier alpha value is -3.23. The summed E-state index contributed by atoms with van der Waals surface area (Å²) in [6.07, 6.45) is 6.24. The second-order valence-electron chi connectivity index (χ2n) is 6.59. The third kappa shape index (κ3) is 3.27. The molecule has 4 aromatic rings. The van der Waals surface area contributed by atoms with E-state index in [0.717, 1.165) is 17.9 Å². The van der Waals surface area contributed by atoms with E-state index in [-0.39, 0.29) is 0 Å². The smallest absolute Gasteiger partial charge is 0.205 e. The summed E-state index contributed by atoms with van der Waals surface area (Å²) in [4.78, 5) is 0. The summed E-state index contributed by atoms with van der Waals surface area (Å²) >= 11 is 0. The first-order chi connectivity index (χ1) is 13.3. The van der Waals surface area contributed by atoms with Crippen molar-refractivity contribution < 1.29 is 4.57 Å². The fraction of sp³-hybridized carbons (Fsp3) is 0.0800. The zero-order valence-corrected chi connectivity index (χ0v) is 15.3. The molecule has 0 saturated heterocycles. The topological polar surface area (TPSA) is 29.9 Å². The van der Waals surface area contributed by atoms with E-state index < -0.39 is 0 Å². The maximum absolute atomic E-state index is 5.82. The molecule has 2 heteroatoms. The highest BCUT2D eigenvalue weighted by Gasteiger charge is 2.11. The fourth-order valence-electron chi connectivity index (χ4n) is 3.68. The monoisotopic (exact) mass is 351 g/mol. The Kier molecular flexibility index (Phi) is 4.82. The molecule has 1 heterocycles. The summed E-state index contributed by atoms with van der Waals surface area (Å²) in [5, 5.41) is 5.09. The normalized spacial score (nSPS) is 11.4. The fourth-order valence-corrected chi connectivity index (χ4v) is 3.68. The Bertz CT molecular complexity index is 1160. The van der Waals surface area contributed by atoms with Gasteiger partial charge in [-0.15, -0.1) is 0 Å². The predicted molar refractivity (Wildman–Crippen MR) is 116 cm³/mol. The number of hydrogen-bond acceptors (Lipinski definition) is 1. The van der Waals surface area contributed by atoms with E-state index in [1.807, 2.05) is 6.08 Å². The SMILES string of the molecule is C=Cc1cccc(/C=C/c2cc3ccccc3c3ccccc23)[n+]1CCN. The highest BCUT2D eigenvalue weighted by Crippen LogP contribution is 2.29. The third-order valence-corrected chi connectivity index (χ3v) is 4.95. The van der Waals surface area contributed by atoms with Gasteiger partial charge in [0, 0.05) is 24.3 Å². The molecule has 2 nitrogen and oxygen atoms in total. The van der Waals surface area contributed by atoms with Crippen molar-refractivity contribution in [2.24, 2.45) is 5.73 Å². The van der Waals surface area contributed by atoms with Gasteiger partial charge in [-0.3, -0.25) is 0 Å². The first-order valence-corrected chi connectivity index (χ1v) is 9.26. The van der Waals surface area contributed by atoms with Gasteiger partial charge in [-0.25, -0.2) is 0 Å². The Morgan fingerprint density at radius 1 is 0.778 bits per heavy atom. The molecule has 132 valence electrons. The van der Waals surface area contributed by atoms with E-state index in [2.05, 4.69) is 96.1 Å². The minimum atomic E-state index is 0.593. The van der Waals surface area contributed by atoms with Gasteiger partial charge in [0.25, 0.3) is 0 Å². The van der Waals surface area contributed by atoms with Gasteiger partial charge in [0.2, 0.25) is 11.4 Å². The lowest BCUT2D eigenvalue weighted by molar-refractivity contribution is -0.697. The molecule has 3 aromatic carbocycles. The maximum Gasteiger partial charge on any atom is 0.205 e. The lowest BCUT2D eigenvalue weighted by atomic mass is 9.97. The second kappa shape index (κ2) is 7.56. The molecule has 0 saturated carbocycles. The summed E-state index contributed by atoms with van der Waals surface area (Å²) in [6, 6.07) is 25.6. The quantitative estimate of drug-likeness (QED) is 0.396. The molecule has 0 aliphatic rings. The minimum Gasteiger partial charge on any atom is -0.325 e. The Balaban J connectivity index is 1.88. The number of hydrogen-bond donors (Lipinski definition) is 1. The van der Waals surface area contributed by atoms with E-state index in [4.69, 9.17) is 5.73 Å². The molecule has 1 aromatic heterocycles. The molecular weight excluding hydrogens is 328 g/mol. The van der Waals surface area contributed by atoms with Crippen molar-refractivity contribution in [2.75, 3.05) is 6.54 Å². The number of benzene rings is 3. The summed E-state index contributed by atoms with van der Waals surface area (Å²) in [6.45, 7) is 5.28. The molecule has 0 spiro atoms. The molecule has 0 amide bonds. The summed E-state index contributed by atoms with van der Waals surface area (Å²) in [5.74, 6) is 0. The van der Waals surface area contributed by atoms with Crippen LogP contribution in [0.4, 0.5) is 0 Å². The van der Waals surface area contributed by atoms with Crippen LogP contribution in [0.15, 0.2) is 79.4 Å². The van der Waals surface area contributed by atoms with Crippen LogP contribution in [0.1, 0.15) is 17.0 Å². The zero-order chi connectivity index (χ0) is 18.6. The molecule has 0 atom stereocenters. The molecule has 27 heavy (non-hydrogen) atoms. The van der Waals surface area contributed by atoms with Crippen LogP contribution in [0.2, 0.25) is 0 Å². The lowest BCUT2D eigenvalue weighted by Gasteiger charge is -2.08. The minimum absolute atomic E-state index is 0.593. The number of aromatic nitrogens is 1. The van der Waals surface area contributed by atoms with Crippen molar-refractivity contribution in [1.82, 2.24) is 0 Å². The number of fused-ring (bicyclic) bond motifs is 3. The van der Waals surface area contributed by atoms with Gasteiger partial charge >= 0.3 is 0 Å². The molecule has 0 radical (unpaired) electrons. The molecule has 0 bridgehead atoms. The number of pyridine rings is 1. The Labute approximate surface area is 159 Å². The Morgan fingerprint density at radius 3 is 2.26 bits per heavy atom. The van der Waals surface area contributed by atoms with Crippen molar-refractivity contribution in [1.29, 1.82) is 0 Å². The van der Waals surface area contributed by atoms with Crippen LogP contribution in [0.3, 0.4) is 0 Å². The summed E-state index contributed by atoms with van der Waals surface area (Å²) < 4.78 is 2.20.